The van der Waals surface area contributed by atoms with Gasteiger partial charge in [-0.15, -0.1) is 0 Å². The smallest absolute Gasteiger partial charge is 0.274 e. The SMILES string of the molecule is Cc1nc2ccc(Cl)cn2c1C(=O)Nc1ccc2cn[nH]c2c1. The van der Waals surface area contributed by atoms with Crippen LogP contribution in [0.3, 0.4) is 0 Å². The van der Waals surface area contributed by atoms with Crippen LogP contribution < -0.4 is 5.32 Å². The largest absolute Gasteiger partial charge is 0.321 e. The van der Waals surface area contributed by atoms with E-state index in [-0.39, 0.29) is 5.91 Å². The Labute approximate surface area is 136 Å². The van der Waals surface area contributed by atoms with E-state index in [2.05, 4.69) is 20.5 Å². The number of rotatable bonds is 2. The number of benzene rings is 1. The van der Waals surface area contributed by atoms with Crippen molar-refractivity contribution in [1.29, 1.82) is 0 Å². The number of anilines is 1. The molecule has 6 nitrogen and oxygen atoms in total. The number of nitrogens with one attached hydrogen (secondary N) is 2. The lowest BCUT2D eigenvalue weighted by atomic mass is 10.2. The van der Waals surface area contributed by atoms with Gasteiger partial charge in [0.15, 0.2) is 0 Å². The normalized spacial score (nSPS) is 11.2. The zero-order valence-electron chi connectivity index (χ0n) is 12.2. The van der Waals surface area contributed by atoms with E-state index in [0.717, 1.165) is 10.9 Å². The number of carbonyl (C=O) groups excluding carboxylic acids is 1. The molecule has 0 saturated carbocycles. The van der Waals surface area contributed by atoms with Crippen molar-refractivity contribution in [3.05, 3.63) is 59.1 Å². The van der Waals surface area contributed by atoms with Crippen molar-refractivity contribution < 1.29 is 4.79 Å². The second-order valence-electron chi connectivity index (χ2n) is 5.25. The summed E-state index contributed by atoms with van der Waals surface area (Å²) in [5, 5.41) is 11.3. The third kappa shape index (κ3) is 2.33. The summed E-state index contributed by atoms with van der Waals surface area (Å²) in [6.07, 6.45) is 3.42. The molecule has 0 radical (unpaired) electrons. The van der Waals surface area contributed by atoms with Crippen LogP contribution in [0.4, 0.5) is 5.69 Å². The number of halogens is 1. The predicted octanol–water partition coefficient (Wildman–Crippen LogP) is 3.42. The van der Waals surface area contributed by atoms with Crippen LogP contribution in [0, 0.1) is 6.92 Å². The molecule has 1 amide bonds. The molecule has 0 saturated heterocycles. The number of hydrogen-bond donors (Lipinski definition) is 2. The number of amides is 1. The van der Waals surface area contributed by atoms with Gasteiger partial charge >= 0.3 is 0 Å². The number of pyridine rings is 1. The number of nitrogens with zero attached hydrogens (tertiary/aromatic N) is 3. The number of carbonyl (C=O) groups is 1. The van der Waals surface area contributed by atoms with Gasteiger partial charge in [0.1, 0.15) is 11.3 Å². The molecule has 0 aliphatic heterocycles. The maximum absolute atomic E-state index is 12.7. The van der Waals surface area contributed by atoms with Crippen molar-refractivity contribution in [1.82, 2.24) is 19.6 Å². The van der Waals surface area contributed by atoms with Crippen molar-refractivity contribution in [2.24, 2.45) is 0 Å². The van der Waals surface area contributed by atoms with Crippen LogP contribution in [0.15, 0.2) is 42.7 Å². The molecule has 0 bridgehead atoms. The molecule has 3 heterocycles. The second kappa shape index (κ2) is 5.10. The third-order valence-electron chi connectivity index (χ3n) is 3.67. The Balaban J connectivity index is 1.73. The number of aryl methyl sites for hydroxylation is 1. The number of H-pyrrole nitrogens is 1. The fourth-order valence-electron chi connectivity index (χ4n) is 2.62. The first-order valence-electron chi connectivity index (χ1n) is 7.00. The summed E-state index contributed by atoms with van der Waals surface area (Å²) in [4.78, 5) is 17.0. The lowest BCUT2D eigenvalue weighted by molar-refractivity contribution is 0.102. The average Bonchev–Trinajstić information content (AvgIpc) is 3.09. The topological polar surface area (TPSA) is 75.1 Å². The molecule has 114 valence electrons. The Morgan fingerprint density at radius 2 is 2.17 bits per heavy atom. The minimum absolute atomic E-state index is 0.240. The maximum Gasteiger partial charge on any atom is 0.274 e. The van der Waals surface area contributed by atoms with Crippen molar-refractivity contribution in [2.75, 3.05) is 5.32 Å². The van der Waals surface area contributed by atoms with E-state index < -0.39 is 0 Å². The summed E-state index contributed by atoms with van der Waals surface area (Å²) in [7, 11) is 0. The summed E-state index contributed by atoms with van der Waals surface area (Å²) >= 11 is 6.03. The molecule has 0 aliphatic rings. The van der Waals surface area contributed by atoms with E-state index in [9.17, 15) is 4.79 Å². The number of fused-ring (bicyclic) bond motifs is 2. The molecule has 0 unspecified atom stereocenters. The molecule has 2 N–H and O–H groups in total. The van der Waals surface area contributed by atoms with Crippen molar-refractivity contribution >= 4 is 39.7 Å². The second-order valence-corrected chi connectivity index (χ2v) is 5.68. The van der Waals surface area contributed by atoms with Crippen LogP contribution in [0.5, 0.6) is 0 Å². The van der Waals surface area contributed by atoms with Gasteiger partial charge in [-0.05, 0) is 37.3 Å². The van der Waals surface area contributed by atoms with Gasteiger partial charge in [-0.1, -0.05) is 11.6 Å². The molecule has 0 spiro atoms. The highest BCUT2D eigenvalue weighted by Crippen LogP contribution is 2.20. The standard InChI is InChI=1S/C16H12ClN5O/c1-9-15(22-8-11(17)3-5-14(22)19-9)16(23)20-12-4-2-10-7-18-21-13(10)6-12/h2-8H,1H3,(H,18,21)(H,20,23). The number of aromatic nitrogens is 4. The van der Waals surface area contributed by atoms with E-state index in [1.165, 1.54) is 0 Å². The molecule has 23 heavy (non-hydrogen) atoms. The Kier molecular flexibility index (Phi) is 3.06. The summed E-state index contributed by atoms with van der Waals surface area (Å²) in [6, 6.07) is 9.10. The summed E-state index contributed by atoms with van der Waals surface area (Å²) < 4.78 is 1.70. The molecule has 4 rings (SSSR count). The first kappa shape index (κ1) is 13.8. The number of hydrogen-bond acceptors (Lipinski definition) is 3. The Bertz CT molecular complexity index is 1050. The lowest BCUT2D eigenvalue weighted by Gasteiger charge is -2.06. The summed E-state index contributed by atoms with van der Waals surface area (Å²) in [5.74, 6) is -0.240. The summed E-state index contributed by atoms with van der Waals surface area (Å²) in [6.45, 7) is 1.80. The van der Waals surface area contributed by atoms with Gasteiger partial charge in [-0.3, -0.25) is 14.3 Å². The van der Waals surface area contributed by atoms with Gasteiger partial charge in [0.25, 0.3) is 5.91 Å². The van der Waals surface area contributed by atoms with Gasteiger partial charge in [-0.25, -0.2) is 4.98 Å². The average molecular weight is 326 g/mol. The van der Waals surface area contributed by atoms with Gasteiger partial charge in [0.05, 0.1) is 22.4 Å². The predicted molar refractivity (Wildman–Crippen MR) is 89.0 cm³/mol. The zero-order valence-corrected chi connectivity index (χ0v) is 12.9. The van der Waals surface area contributed by atoms with E-state index in [0.29, 0.717) is 27.7 Å². The molecule has 1 aromatic carbocycles. The van der Waals surface area contributed by atoms with Gasteiger partial charge in [0.2, 0.25) is 0 Å². The molecule has 0 atom stereocenters. The van der Waals surface area contributed by atoms with E-state index in [4.69, 9.17) is 11.6 Å². The van der Waals surface area contributed by atoms with Crippen LogP contribution in [0.1, 0.15) is 16.2 Å². The Morgan fingerprint density at radius 3 is 3.04 bits per heavy atom. The molecule has 0 aliphatic carbocycles. The summed E-state index contributed by atoms with van der Waals surface area (Å²) in [5.41, 5.74) is 3.34. The van der Waals surface area contributed by atoms with E-state index in [1.807, 2.05) is 18.2 Å². The Morgan fingerprint density at radius 1 is 1.30 bits per heavy atom. The fourth-order valence-corrected chi connectivity index (χ4v) is 2.78. The molecule has 7 heteroatoms. The minimum Gasteiger partial charge on any atom is -0.321 e. The highest BCUT2D eigenvalue weighted by molar-refractivity contribution is 6.30. The third-order valence-corrected chi connectivity index (χ3v) is 3.90. The quantitative estimate of drug-likeness (QED) is 0.593. The number of aromatic amines is 1. The van der Waals surface area contributed by atoms with Crippen LogP contribution >= 0.6 is 11.6 Å². The molecule has 0 fully saturated rings. The fraction of sp³-hybridized carbons (Fsp3) is 0.0625. The zero-order chi connectivity index (χ0) is 16.0. The van der Waals surface area contributed by atoms with Crippen molar-refractivity contribution in [3.8, 4) is 0 Å². The molecule has 3 aromatic heterocycles. The molecule has 4 aromatic rings. The van der Waals surface area contributed by atoms with Crippen molar-refractivity contribution in [2.45, 2.75) is 6.92 Å². The number of imidazole rings is 1. The van der Waals surface area contributed by atoms with Crippen molar-refractivity contribution in [3.63, 3.8) is 0 Å². The first-order chi connectivity index (χ1) is 11.1. The first-order valence-corrected chi connectivity index (χ1v) is 7.38. The molecular formula is C16H12ClN5O. The van der Waals surface area contributed by atoms with Gasteiger partial charge < -0.3 is 5.32 Å². The van der Waals surface area contributed by atoms with E-state index >= 15 is 0 Å². The lowest BCUT2D eigenvalue weighted by Crippen LogP contribution is -2.15. The van der Waals surface area contributed by atoms with Crippen LogP contribution in [0.25, 0.3) is 16.6 Å². The highest BCUT2D eigenvalue weighted by Gasteiger charge is 2.17. The van der Waals surface area contributed by atoms with Crippen LogP contribution in [-0.2, 0) is 0 Å². The van der Waals surface area contributed by atoms with E-state index in [1.54, 1.807) is 35.9 Å². The van der Waals surface area contributed by atoms with Gasteiger partial charge in [0, 0.05) is 17.3 Å². The van der Waals surface area contributed by atoms with Gasteiger partial charge in [-0.2, -0.15) is 5.10 Å². The van der Waals surface area contributed by atoms with Crippen LogP contribution in [-0.4, -0.2) is 25.5 Å². The monoisotopic (exact) mass is 325 g/mol. The molecular weight excluding hydrogens is 314 g/mol. The maximum atomic E-state index is 12.7. The van der Waals surface area contributed by atoms with Crippen LogP contribution in [0.2, 0.25) is 5.02 Å². The minimum atomic E-state index is -0.240. The Hall–Kier alpha value is -2.86. The highest BCUT2D eigenvalue weighted by atomic mass is 35.5.